The van der Waals surface area contributed by atoms with Crippen LogP contribution in [0.3, 0.4) is 0 Å². The summed E-state index contributed by atoms with van der Waals surface area (Å²) in [7, 11) is 0. The standard InChI is InChI=1S/C17H26N4O3/c1-11(2)16(4,10-18)19-13(22)9-21-14(23)17(20-15(21)24)7-5-12(3)6-8-17/h11-12H,5-9H2,1-4H3,(H,19,22)(H,20,24)/t12?,16-,17?/m1/s1. The zero-order valence-electron chi connectivity index (χ0n) is 14.8. The van der Waals surface area contributed by atoms with E-state index in [1.807, 2.05) is 13.8 Å². The molecule has 1 heterocycles. The Morgan fingerprint density at radius 3 is 2.54 bits per heavy atom. The highest BCUT2D eigenvalue weighted by Gasteiger charge is 2.52. The van der Waals surface area contributed by atoms with E-state index in [4.69, 9.17) is 0 Å². The molecule has 0 bridgehead atoms. The average molecular weight is 334 g/mol. The van der Waals surface area contributed by atoms with E-state index in [9.17, 15) is 19.6 Å². The summed E-state index contributed by atoms with van der Waals surface area (Å²) in [5.74, 6) is -0.379. The van der Waals surface area contributed by atoms with Gasteiger partial charge in [0.1, 0.15) is 17.6 Å². The first-order chi connectivity index (χ1) is 11.1. The normalized spacial score (nSPS) is 29.3. The van der Waals surface area contributed by atoms with Crippen LogP contribution in [0.15, 0.2) is 0 Å². The van der Waals surface area contributed by atoms with Crippen LogP contribution >= 0.6 is 0 Å². The van der Waals surface area contributed by atoms with Crippen LogP contribution in [-0.2, 0) is 9.59 Å². The second-order valence-corrected chi connectivity index (χ2v) is 7.60. The molecule has 0 radical (unpaired) electrons. The van der Waals surface area contributed by atoms with Crippen molar-refractivity contribution in [3.63, 3.8) is 0 Å². The van der Waals surface area contributed by atoms with Gasteiger partial charge in [-0.1, -0.05) is 20.8 Å². The first kappa shape index (κ1) is 18.2. The van der Waals surface area contributed by atoms with Crippen molar-refractivity contribution in [2.45, 2.75) is 64.5 Å². The van der Waals surface area contributed by atoms with Crippen LogP contribution in [0.1, 0.15) is 53.4 Å². The predicted molar refractivity (Wildman–Crippen MR) is 87.6 cm³/mol. The van der Waals surface area contributed by atoms with Crippen LogP contribution in [0, 0.1) is 23.2 Å². The fraction of sp³-hybridized carbons (Fsp3) is 0.765. The lowest BCUT2D eigenvalue weighted by molar-refractivity contribution is -0.136. The van der Waals surface area contributed by atoms with Gasteiger partial charge in [-0.25, -0.2) is 4.79 Å². The van der Waals surface area contributed by atoms with E-state index in [0.717, 1.165) is 17.7 Å². The van der Waals surface area contributed by atoms with Crippen LogP contribution in [-0.4, -0.2) is 40.4 Å². The molecule has 0 aromatic carbocycles. The summed E-state index contributed by atoms with van der Waals surface area (Å²) in [4.78, 5) is 38.1. The fourth-order valence-corrected chi connectivity index (χ4v) is 3.19. The third-order valence-corrected chi connectivity index (χ3v) is 5.46. The maximum atomic E-state index is 12.7. The Balaban J connectivity index is 2.05. The number of amides is 4. The van der Waals surface area contributed by atoms with E-state index in [1.165, 1.54) is 0 Å². The summed E-state index contributed by atoms with van der Waals surface area (Å²) in [6.45, 7) is 7.07. The molecule has 2 fully saturated rings. The van der Waals surface area contributed by atoms with E-state index in [1.54, 1.807) is 6.92 Å². The highest BCUT2D eigenvalue weighted by atomic mass is 16.2. The lowest BCUT2D eigenvalue weighted by Crippen LogP contribution is -2.53. The molecule has 132 valence electrons. The van der Waals surface area contributed by atoms with Crippen molar-refractivity contribution in [2.75, 3.05) is 6.54 Å². The van der Waals surface area contributed by atoms with Crippen LogP contribution in [0.4, 0.5) is 4.79 Å². The zero-order chi connectivity index (χ0) is 18.1. The molecule has 1 aliphatic heterocycles. The van der Waals surface area contributed by atoms with Gasteiger partial charge in [-0.05, 0) is 44.4 Å². The summed E-state index contributed by atoms with van der Waals surface area (Å²) in [5.41, 5.74) is -1.88. The Morgan fingerprint density at radius 2 is 2.04 bits per heavy atom. The zero-order valence-corrected chi connectivity index (χ0v) is 14.8. The number of nitriles is 1. The second kappa shape index (κ2) is 6.42. The number of hydrogen-bond acceptors (Lipinski definition) is 4. The van der Waals surface area contributed by atoms with E-state index < -0.39 is 23.0 Å². The monoisotopic (exact) mass is 334 g/mol. The van der Waals surface area contributed by atoms with Crippen molar-refractivity contribution in [1.82, 2.24) is 15.5 Å². The smallest absolute Gasteiger partial charge is 0.325 e. The van der Waals surface area contributed by atoms with Gasteiger partial charge < -0.3 is 10.6 Å². The molecular formula is C17H26N4O3. The Labute approximate surface area is 142 Å². The van der Waals surface area contributed by atoms with E-state index in [-0.39, 0.29) is 18.4 Å². The van der Waals surface area contributed by atoms with Gasteiger partial charge in [0.2, 0.25) is 5.91 Å². The van der Waals surface area contributed by atoms with Crippen LogP contribution in [0.5, 0.6) is 0 Å². The van der Waals surface area contributed by atoms with Gasteiger partial charge in [0, 0.05) is 0 Å². The SMILES string of the molecule is CC1CCC2(CC1)NC(=O)N(CC(=O)N[C@](C)(C#N)C(C)C)C2=O. The third kappa shape index (κ3) is 3.23. The molecule has 7 nitrogen and oxygen atoms in total. The van der Waals surface area contributed by atoms with Gasteiger partial charge >= 0.3 is 6.03 Å². The highest BCUT2D eigenvalue weighted by molar-refractivity contribution is 6.09. The van der Waals surface area contributed by atoms with Crippen molar-refractivity contribution in [3.05, 3.63) is 0 Å². The average Bonchev–Trinajstić information content (AvgIpc) is 2.74. The molecule has 0 aromatic heterocycles. The number of carbonyl (C=O) groups is 3. The largest absolute Gasteiger partial charge is 0.336 e. The minimum absolute atomic E-state index is 0.0965. The van der Waals surface area contributed by atoms with E-state index in [2.05, 4.69) is 23.6 Å². The Hall–Kier alpha value is -2.10. The Bertz CT molecular complexity index is 587. The van der Waals surface area contributed by atoms with Gasteiger partial charge in [-0.2, -0.15) is 5.26 Å². The second-order valence-electron chi connectivity index (χ2n) is 7.60. The first-order valence-corrected chi connectivity index (χ1v) is 8.50. The molecule has 2 N–H and O–H groups in total. The van der Waals surface area contributed by atoms with Crippen molar-refractivity contribution in [3.8, 4) is 6.07 Å². The minimum atomic E-state index is -1.03. The topological polar surface area (TPSA) is 102 Å². The lowest BCUT2D eigenvalue weighted by atomic mass is 9.77. The number of nitrogens with one attached hydrogen (secondary N) is 2. The van der Waals surface area contributed by atoms with Crippen molar-refractivity contribution in [1.29, 1.82) is 5.26 Å². The number of rotatable bonds is 4. The molecule has 2 rings (SSSR count). The Morgan fingerprint density at radius 1 is 1.46 bits per heavy atom. The molecule has 4 amide bonds. The molecule has 7 heteroatoms. The summed E-state index contributed by atoms with van der Waals surface area (Å²) in [6.07, 6.45) is 2.98. The summed E-state index contributed by atoms with van der Waals surface area (Å²) >= 11 is 0. The number of imide groups is 1. The van der Waals surface area contributed by atoms with Gasteiger partial charge in [0.15, 0.2) is 0 Å². The summed E-state index contributed by atoms with van der Waals surface area (Å²) in [6, 6.07) is 1.56. The first-order valence-electron chi connectivity index (χ1n) is 8.50. The minimum Gasteiger partial charge on any atom is -0.336 e. The molecular weight excluding hydrogens is 308 g/mol. The molecule has 24 heavy (non-hydrogen) atoms. The summed E-state index contributed by atoms with van der Waals surface area (Å²) in [5, 5.41) is 14.7. The van der Waals surface area contributed by atoms with Gasteiger partial charge in [0.25, 0.3) is 5.91 Å². The molecule has 1 saturated heterocycles. The van der Waals surface area contributed by atoms with Gasteiger partial charge in [0.05, 0.1) is 6.07 Å². The maximum absolute atomic E-state index is 12.7. The van der Waals surface area contributed by atoms with Gasteiger partial charge in [-0.15, -0.1) is 0 Å². The molecule has 2 aliphatic rings. The van der Waals surface area contributed by atoms with Crippen molar-refractivity contribution < 1.29 is 14.4 Å². The molecule has 0 unspecified atom stereocenters. The molecule has 1 spiro atoms. The fourth-order valence-electron chi connectivity index (χ4n) is 3.19. The van der Waals surface area contributed by atoms with E-state index in [0.29, 0.717) is 18.8 Å². The quantitative estimate of drug-likeness (QED) is 0.761. The Kier molecular flexibility index (Phi) is 4.88. The van der Waals surface area contributed by atoms with Crippen molar-refractivity contribution >= 4 is 17.8 Å². The van der Waals surface area contributed by atoms with Gasteiger partial charge in [-0.3, -0.25) is 14.5 Å². The molecule has 1 saturated carbocycles. The molecule has 1 aliphatic carbocycles. The van der Waals surface area contributed by atoms with Crippen LogP contribution in [0.2, 0.25) is 0 Å². The lowest BCUT2D eigenvalue weighted by Gasteiger charge is -2.33. The van der Waals surface area contributed by atoms with Crippen molar-refractivity contribution in [2.24, 2.45) is 11.8 Å². The number of carbonyl (C=O) groups excluding carboxylic acids is 3. The summed E-state index contributed by atoms with van der Waals surface area (Å²) < 4.78 is 0. The molecule has 1 atom stereocenters. The van der Waals surface area contributed by atoms with Crippen LogP contribution < -0.4 is 10.6 Å². The van der Waals surface area contributed by atoms with Crippen LogP contribution in [0.25, 0.3) is 0 Å². The maximum Gasteiger partial charge on any atom is 0.325 e. The number of urea groups is 1. The third-order valence-electron chi connectivity index (χ3n) is 5.46. The predicted octanol–water partition coefficient (Wildman–Crippen LogP) is 1.54. The number of hydrogen-bond donors (Lipinski definition) is 2. The highest BCUT2D eigenvalue weighted by Crippen LogP contribution is 2.36. The number of nitrogens with zero attached hydrogens (tertiary/aromatic N) is 2. The molecule has 0 aromatic rings. The van der Waals surface area contributed by atoms with E-state index >= 15 is 0 Å².